The van der Waals surface area contributed by atoms with Crippen LogP contribution in [0.1, 0.15) is 17.5 Å². The van der Waals surface area contributed by atoms with Crippen LogP contribution < -0.4 is 16.0 Å². The smallest absolute Gasteiger partial charge is 0.241 e. The maximum atomic E-state index is 12.8. The molecule has 2 amide bonds. The van der Waals surface area contributed by atoms with Gasteiger partial charge in [0.1, 0.15) is 6.42 Å². The van der Waals surface area contributed by atoms with Crippen molar-refractivity contribution in [3.63, 3.8) is 0 Å². The first-order valence-electron chi connectivity index (χ1n) is 8.49. The summed E-state index contributed by atoms with van der Waals surface area (Å²) in [6, 6.07) is 18.4. The lowest BCUT2D eigenvalue weighted by molar-refractivity contribution is -0.124. The molecule has 0 radical (unpaired) electrons. The second-order valence-electron chi connectivity index (χ2n) is 6.34. The second-order valence-corrected chi connectivity index (χ2v) is 6.34. The quantitative estimate of drug-likeness (QED) is 0.689. The fourth-order valence-corrected chi connectivity index (χ4v) is 3.33. The summed E-state index contributed by atoms with van der Waals surface area (Å²) >= 11 is 0. The Balaban J connectivity index is 1.99. The van der Waals surface area contributed by atoms with Crippen molar-refractivity contribution in [2.45, 2.75) is 13.0 Å². The minimum atomic E-state index is -0.370. The number of carbonyl (C=O) groups excluding carboxylic acids is 2. The molecule has 1 heterocycles. The molecule has 6 heteroatoms. The molecule has 0 aliphatic carbocycles. The Hall–Kier alpha value is -3.69. The third-order valence-electron chi connectivity index (χ3n) is 4.60. The molecular weight excluding hydrogens is 340 g/mol. The number of benzene rings is 3. The molecule has 0 fully saturated rings. The molecule has 0 bridgehead atoms. The van der Waals surface area contributed by atoms with Gasteiger partial charge < -0.3 is 11.1 Å². The Bertz CT molecular complexity index is 1130. The van der Waals surface area contributed by atoms with Gasteiger partial charge in [-0.3, -0.25) is 14.5 Å². The van der Waals surface area contributed by atoms with Crippen LogP contribution in [0.5, 0.6) is 0 Å². The Labute approximate surface area is 155 Å². The zero-order valence-electron chi connectivity index (χ0n) is 14.4. The molecule has 0 unspecified atom stereocenters. The molecule has 3 N–H and O–H groups in total. The number of fused-ring (bicyclic) bond motifs is 3. The van der Waals surface area contributed by atoms with Crippen LogP contribution in [-0.4, -0.2) is 11.8 Å². The van der Waals surface area contributed by atoms with Crippen molar-refractivity contribution in [2.24, 2.45) is 5.73 Å². The van der Waals surface area contributed by atoms with Crippen molar-refractivity contribution in [1.29, 1.82) is 5.26 Å². The molecule has 3 aromatic rings. The Morgan fingerprint density at radius 2 is 1.93 bits per heavy atom. The summed E-state index contributed by atoms with van der Waals surface area (Å²) in [5.74, 6) is -0.721. The largest absolute Gasteiger partial charge is 0.326 e. The van der Waals surface area contributed by atoms with Crippen LogP contribution in [0.4, 0.5) is 17.1 Å². The van der Waals surface area contributed by atoms with Crippen LogP contribution in [0.15, 0.2) is 54.6 Å². The summed E-state index contributed by atoms with van der Waals surface area (Å²) in [5, 5.41) is 13.8. The third kappa shape index (κ3) is 2.90. The van der Waals surface area contributed by atoms with Crippen LogP contribution in [-0.2, 0) is 16.1 Å². The molecule has 0 saturated heterocycles. The molecule has 1 aliphatic rings. The highest BCUT2D eigenvalue weighted by Gasteiger charge is 2.28. The first-order chi connectivity index (χ1) is 13.1. The monoisotopic (exact) mass is 356 g/mol. The summed E-state index contributed by atoms with van der Waals surface area (Å²) in [4.78, 5) is 26.6. The second kappa shape index (κ2) is 6.56. The van der Waals surface area contributed by atoms with E-state index in [0.717, 1.165) is 16.3 Å². The number of nitrogens with one attached hydrogen (secondary N) is 1. The minimum absolute atomic E-state index is 0.274. The topological polar surface area (TPSA) is 99.2 Å². The van der Waals surface area contributed by atoms with E-state index in [0.29, 0.717) is 29.2 Å². The van der Waals surface area contributed by atoms with Gasteiger partial charge in [-0.15, -0.1) is 0 Å². The van der Waals surface area contributed by atoms with E-state index in [1.807, 2.05) is 30.3 Å². The van der Waals surface area contributed by atoms with Gasteiger partial charge in [0.25, 0.3) is 0 Å². The third-order valence-corrected chi connectivity index (χ3v) is 4.60. The molecule has 0 atom stereocenters. The highest BCUT2D eigenvalue weighted by atomic mass is 16.2. The Morgan fingerprint density at radius 1 is 1.11 bits per heavy atom. The Morgan fingerprint density at radius 3 is 2.70 bits per heavy atom. The van der Waals surface area contributed by atoms with Crippen molar-refractivity contribution in [3.8, 4) is 6.07 Å². The normalized spacial score (nSPS) is 13.7. The van der Waals surface area contributed by atoms with Gasteiger partial charge in [0.05, 0.1) is 28.7 Å². The van der Waals surface area contributed by atoms with Crippen LogP contribution in [0.25, 0.3) is 10.8 Å². The predicted octanol–water partition coefficient (Wildman–Crippen LogP) is 3.18. The van der Waals surface area contributed by atoms with Gasteiger partial charge >= 0.3 is 0 Å². The molecule has 0 saturated carbocycles. The molecule has 6 nitrogen and oxygen atoms in total. The van der Waals surface area contributed by atoms with E-state index in [1.54, 1.807) is 24.3 Å². The van der Waals surface area contributed by atoms with Gasteiger partial charge in [0, 0.05) is 11.9 Å². The lowest BCUT2D eigenvalue weighted by atomic mass is 10.0. The van der Waals surface area contributed by atoms with E-state index in [-0.39, 0.29) is 18.2 Å². The molecule has 0 aromatic heterocycles. The SMILES string of the molecule is N#Cc1cccc(N2C(=O)CC(=O)Nc3c2ccc2ccc(CN)cc32)c1. The molecule has 4 rings (SSSR count). The zero-order chi connectivity index (χ0) is 19.0. The summed E-state index contributed by atoms with van der Waals surface area (Å²) in [7, 11) is 0. The van der Waals surface area contributed by atoms with Crippen LogP contribution >= 0.6 is 0 Å². The van der Waals surface area contributed by atoms with E-state index in [9.17, 15) is 14.9 Å². The van der Waals surface area contributed by atoms with Crippen LogP contribution in [0.2, 0.25) is 0 Å². The summed E-state index contributed by atoms with van der Waals surface area (Å²) in [6.07, 6.45) is -0.274. The lowest BCUT2D eigenvalue weighted by Gasteiger charge is -2.23. The highest BCUT2D eigenvalue weighted by Crippen LogP contribution is 2.40. The van der Waals surface area contributed by atoms with Gasteiger partial charge in [-0.25, -0.2) is 0 Å². The number of nitriles is 1. The first-order valence-corrected chi connectivity index (χ1v) is 8.49. The lowest BCUT2D eigenvalue weighted by Crippen LogP contribution is -2.26. The van der Waals surface area contributed by atoms with Crippen molar-refractivity contribution in [1.82, 2.24) is 0 Å². The molecule has 0 spiro atoms. The first kappa shape index (κ1) is 16.8. The van der Waals surface area contributed by atoms with E-state index in [4.69, 9.17) is 5.73 Å². The van der Waals surface area contributed by atoms with Gasteiger partial charge in [0.15, 0.2) is 0 Å². The van der Waals surface area contributed by atoms with Crippen molar-refractivity contribution in [3.05, 3.63) is 65.7 Å². The van der Waals surface area contributed by atoms with E-state index in [1.165, 1.54) is 4.90 Å². The number of nitrogens with zero attached hydrogens (tertiary/aromatic N) is 2. The minimum Gasteiger partial charge on any atom is -0.326 e. The predicted molar refractivity (Wildman–Crippen MR) is 103 cm³/mol. The van der Waals surface area contributed by atoms with Crippen LogP contribution in [0.3, 0.4) is 0 Å². The number of rotatable bonds is 2. The molecule has 3 aromatic carbocycles. The molecule has 132 valence electrons. The van der Waals surface area contributed by atoms with Gasteiger partial charge in [0.2, 0.25) is 11.8 Å². The fraction of sp³-hybridized carbons (Fsp3) is 0.0952. The number of hydrogen-bond donors (Lipinski definition) is 2. The molecule has 1 aliphatic heterocycles. The number of amides is 2. The number of hydrogen-bond acceptors (Lipinski definition) is 4. The molecular formula is C21H16N4O2. The van der Waals surface area contributed by atoms with E-state index >= 15 is 0 Å². The van der Waals surface area contributed by atoms with E-state index < -0.39 is 0 Å². The average Bonchev–Trinajstić information content (AvgIpc) is 2.82. The maximum Gasteiger partial charge on any atom is 0.241 e. The van der Waals surface area contributed by atoms with Crippen LogP contribution in [0, 0.1) is 11.3 Å². The summed E-state index contributed by atoms with van der Waals surface area (Å²) < 4.78 is 0. The van der Waals surface area contributed by atoms with Gasteiger partial charge in [-0.1, -0.05) is 24.3 Å². The van der Waals surface area contributed by atoms with Gasteiger partial charge in [-0.2, -0.15) is 5.26 Å². The highest BCUT2D eigenvalue weighted by molar-refractivity contribution is 6.21. The summed E-state index contributed by atoms with van der Waals surface area (Å²) in [6.45, 7) is 0.375. The van der Waals surface area contributed by atoms with E-state index in [2.05, 4.69) is 11.4 Å². The standard InChI is InChI=1S/C21H16N4O2/c22-11-13-2-1-3-16(8-13)25-18-7-6-15-5-4-14(12-23)9-17(15)21(18)24-19(26)10-20(25)27/h1-9H,10,12,23H2,(H,24,26). The van der Waals surface area contributed by atoms with Gasteiger partial charge in [-0.05, 0) is 41.3 Å². The maximum absolute atomic E-state index is 12.8. The summed E-state index contributed by atoms with van der Waals surface area (Å²) in [5.41, 5.74) is 8.83. The number of carbonyl (C=O) groups is 2. The molecule has 27 heavy (non-hydrogen) atoms. The van der Waals surface area contributed by atoms with Crippen molar-refractivity contribution >= 4 is 39.6 Å². The average molecular weight is 356 g/mol. The van der Waals surface area contributed by atoms with Crippen molar-refractivity contribution < 1.29 is 9.59 Å². The number of anilines is 3. The Kier molecular flexibility index (Phi) is 4.07. The zero-order valence-corrected chi connectivity index (χ0v) is 14.4. The number of nitrogens with two attached hydrogens (primary N) is 1. The fourth-order valence-electron chi connectivity index (χ4n) is 3.33. The van der Waals surface area contributed by atoms with Crippen molar-refractivity contribution in [2.75, 3.05) is 10.2 Å².